The van der Waals surface area contributed by atoms with E-state index in [0.29, 0.717) is 48.1 Å². The van der Waals surface area contributed by atoms with Crippen LogP contribution in [0.15, 0.2) is 79.4 Å². The van der Waals surface area contributed by atoms with E-state index in [-0.39, 0.29) is 12.4 Å². The third-order valence-electron chi connectivity index (χ3n) is 5.72. The van der Waals surface area contributed by atoms with E-state index in [1.54, 1.807) is 74.5 Å². The predicted octanol–water partition coefficient (Wildman–Crippen LogP) is 7.09. The smallest absolute Gasteiger partial charge is 0.347 e. The summed E-state index contributed by atoms with van der Waals surface area (Å²) in [7, 11) is 0. The van der Waals surface area contributed by atoms with E-state index in [2.05, 4.69) is 26.0 Å². The van der Waals surface area contributed by atoms with E-state index < -0.39 is 17.6 Å². The molecule has 1 atom stereocenters. The summed E-state index contributed by atoms with van der Waals surface area (Å²) < 4.78 is 18.6. The summed E-state index contributed by atoms with van der Waals surface area (Å²) >= 11 is 15.9. The average molecular weight is 629 g/mol. The van der Waals surface area contributed by atoms with Crippen LogP contribution in [0.3, 0.4) is 0 Å². The Morgan fingerprint density at radius 1 is 1.15 bits per heavy atom. The molecule has 0 amide bonds. The fourth-order valence-electron chi connectivity index (χ4n) is 3.92. The first-order valence-electron chi connectivity index (χ1n) is 11.8. The van der Waals surface area contributed by atoms with Crippen LogP contribution in [0.4, 0.5) is 0 Å². The molecule has 2 heterocycles. The quantitative estimate of drug-likeness (QED) is 0.141. The first-order valence-corrected chi connectivity index (χ1v) is 13.4. The fourth-order valence-corrected chi connectivity index (χ4v) is 5.03. The molecule has 0 bridgehead atoms. The monoisotopic (exact) mass is 627 g/mol. The lowest BCUT2D eigenvalue weighted by Gasteiger charge is -2.17. The summed E-state index contributed by atoms with van der Waals surface area (Å²) in [6.07, 6.45) is 0.502. The van der Waals surface area contributed by atoms with Crippen molar-refractivity contribution < 1.29 is 18.7 Å². The molecular formula is C28H20BrCl2N3O5. The minimum atomic E-state index is -0.905. The van der Waals surface area contributed by atoms with Gasteiger partial charge in [-0.25, -0.2) is 9.78 Å². The number of para-hydroxylation sites is 1. The van der Waals surface area contributed by atoms with Crippen molar-refractivity contribution in [2.75, 3.05) is 6.61 Å². The second-order valence-electron chi connectivity index (χ2n) is 8.42. The third-order valence-corrected chi connectivity index (χ3v) is 6.76. The Balaban J connectivity index is 1.65. The number of hydrogen-bond donors (Lipinski definition) is 0. The number of aromatic nitrogens is 2. The molecule has 0 saturated heterocycles. The zero-order valence-electron chi connectivity index (χ0n) is 20.7. The Morgan fingerprint density at radius 2 is 1.95 bits per heavy atom. The van der Waals surface area contributed by atoms with Gasteiger partial charge in [-0.15, -0.1) is 0 Å². The number of hydrogen-bond acceptors (Lipinski definition) is 7. The molecule has 2 aromatic heterocycles. The molecule has 0 spiro atoms. The maximum absolute atomic E-state index is 13.6. The molecule has 0 N–H and O–H groups in total. The van der Waals surface area contributed by atoms with Gasteiger partial charge in [0.25, 0.3) is 5.56 Å². The van der Waals surface area contributed by atoms with E-state index >= 15 is 0 Å². The number of esters is 1. The van der Waals surface area contributed by atoms with Gasteiger partial charge in [0, 0.05) is 21.0 Å². The van der Waals surface area contributed by atoms with Crippen molar-refractivity contribution in [3.05, 3.63) is 91.1 Å². The summed E-state index contributed by atoms with van der Waals surface area (Å²) in [4.78, 5) is 30.5. The number of furan rings is 1. The van der Waals surface area contributed by atoms with Crippen LogP contribution < -0.4 is 10.3 Å². The molecule has 0 aliphatic carbocycles. The number of benzene rings is 3. The van der Waals surface area contributed by atoms with Crippen LogP contribution in [0.1, 0.15) is 19.4 Å². The highest BCUT2D eigenvalue weighted by molar-refractivity contribution is 9.10. The van der Waals surface area contributed by atoms with E-state index in [1.165, 1.54) is 6.21 Å². The lowest BCUT2D eigenvalue weighted by Crippen LogP contribution is -2.26. The molecule has 8 nitrogen and oxygen atoms in total. The van der Waals surface area contributed by atoms with Gasteiger partial charge in [-0.05, 0) is 78.3 Å². The average Bonchev–Trinajstić information content (AvgIpc) is 3.33. The van der Waals surface area contributed by atoms with Crippen LogP contribution in [0.2, 0.25) is 10.0 Å². The summed E-state index contributed by atoms with van der Waals surface area (Å²) in [6, 6.07) is 17.1. The van der Waals surface area contributed by atoms with Gasteiger partial charge in [-0.2, -0.15) is 9.78 Å². The number of rotatable bonds is 7. The molecule has 3 aromatic carbocycles. The van der Waals surface area contributed by atoms with E-state index in [4.69, 9.17) is 37.1 Å². The van der Waals surface area contributed by atoms with Crippen LogP contribution in [0.5, 0.6) is 5.75 Å². The van der Waals surface area contributed by atoms with E-state index in [9.17, 15) is 9.59 Å². The van der Waals surface area contributed by atoms with Crippen molar-refractivity contribution in [3.63, 3.8) is 0 Å². The van der Waals surface area contributed by atoms with Crippen molar-refractivity contribution >= 4 is 73.2 Å². The van der Waals surface area contributed by atoms with Crippen LogP contribution in [-0.4, -0.2) is 34.6 Å². The maximum Gasteiger partial charge on any atom is 0.347 e. The lowest BCUT2D eigenvalue weighted by molar-refractivity contribution is -0.150. The number of halogens is 3. The van der Waals surface area contributed by atoms with Gasteiger partial charge in [0.2, 0.25) is 5.82 Å². The van der Waals surface area contributed by atoms with Gasteiger partial charge in [0.1, 0.15) is 11.3 Å². The Hall–Kier alpha value is -3.66. The van der Waals surface area contributed by atoms with Gasteiger partial charge >= 0.3 is 5.97 Å². The maximum atomic E-state index is 13.6. The normalized spacial score (nSPS) is 12.3. The molecule has 0 aliphatic rings. The van der Waals surface area contributed by atoms with Gasteiger partial charge in [-0.3, -0.25) is 4.79 Å². The van der Waals surface area contributed by atoms with Crippen LogP contribution in [0, 0.1) is 0 Å². The molecule has 0 saturated carbocycles. The Bertz CT molecular complexity index is 1820. The van der Waals surface area contributed by atoms with Crippen LogP contribution in [0.25, 0.3) is 33.5 Å². The lowest BCUT2D eigenvalue weighted by atomic mass is 10.2. The molecule has 5 rings (SSSR count). The van der Waals surface area contributed by atoms with Gasteiger partial charge in [-0.1, -0.05) is 35.3 Å². The van der Waals surface area contributed by atoms with Crippen LogP contribution >= 0.6 is 39.1 Å². The van der Waals surface area contributed by atoms with Crippen molar-refractivity contribution in [1.29, 1.82) is 0 Å². The third kappa shape index (κ3) is 5.56. The largest absolute Gasteiger partial charge is 0.477 e. The van der Waals surface area contributed by atoms with Gasteiger partial charge < -0.3 is 13.9 Å². The topological polar surface area (TPSA) is 95.9 Å². The summed E-state index contributed by atoms with van der Waals surface area (Å²) in [5.74, 6) is 0.285. The highest BCUT2D eigenvalue weighted by Crippen LogP contribution is 2.33. The standard InChI is InChI=1S/C28H20BrCl2N3O5/c1-3-37-28(36)15(2)38-25-17(11-19(31)13-21(25)29)14-32-34-26(33-22-7-5-4-6-20(22)27(34)35)24-12-16-10-18(30)8-9-23(16)39-24/h4-15H,3H2,1-2H3/t15-/m1/s1. The molecule has 39 heavy (non-hydrogen) atoms. The molecule has 198 valence electrons. The second-order valence-corrected chi connectivity index (χ2v) is 10.2. The van der Waals surface area contributed by atoms with Crippen molar-refractivity contribution in [1.82, 2.24) is 9.66 Å². The number of carbonyl (C=O) groups is 1. The molecular weight excluding hydrogens is 609 g/mol. The number of ether oxygens (including phenoxy) is 2. The Kier molecular flexibility index (Phi) is 7.74. The van der Waals surface area contributed by atoms with Crippen molar-refractivity contribution in [3.8, 4) is 17.3 Å². The van der Waals surface area contributed by atoms with Crippen LogP contribution in [-0.2, 0) is 9.53 Å². The van der Waals surface area contributed by atoms with Crippen molar-refractivity contribution in [2.45, 2.75) is 20.0 Å². The predicted molar refractivity (Wildman–Crippen MR) is 155 cm³/mol. The Morgan fingerprint density at radius 3 is 2.74 bits per heavy atom. The SMILES string of the molecule is CCOC(=O)[C@@H](C)Oc1c(Br)cc(Cl)cc1C=Nn1c(-c2cc3cc(Cl)ccc3o2)nc2ccccc2c1=O. The zero-order chi connectivity index (χ0) is 27.7. The van der Waals surface area contributed by atoms with E-state index in [0.717, 1.165) is 10.1 Å². The minimum absolute atomic E-state index is 0.186. The molecule has 0 aliphatic heterocycles. The number of nitrogens with zero attached hydrogens (tertiary/aromatic N) is 3. The Labute approximate surface area is 240 Å². The molecule has 0 radical (unpaired) electrons. The number of fused-ring (bicyclic) bond motifs is 2. The summed E-state index contributed by atoms with van der Waals surface area (Å²) in [5.41, 5.74) is 1.07. The second kappa shape index (κ2) is 11.2. The zero-order valence-corrected chi connectivity index (χ0v) is 23.7. The van der Waals surface area contributed by atoms with Gasteiger partial charge in [0.05, 0.1) is 28.2 Å². The minimum Gasteiger partial charge on any atom is -0.477 e. The first kappa shape index (κ1) is 26.9. The molecule has 11 heteroatoms. The van der Waals surface area contributed by atoms with Crippen molar-refractivity contribution in [2.24, 2.45) is 5.10 Å². The first-order chi connectivity index (χ1) is 18.7. The highest BCUT2D eigenvalue weighted by atomic mass is 79.9. The highest BCUT2D eigenvalue weighted by Gasteiger charge is 2.21. The molecule has 0 unspecified atom stereocenters. The molecule has 5 aromatic rings. The summed E-state index contributed by atoms with van der Waals surface area (Å²) in [6.45, 7) is 3.51. The summed E-state index contributed by atoms with van der Waals surface area (Å²) in [5, 5.41) is 6.53. The number of carbonyl (C=O) groups excluding carboxylic acids is 1. The van der Waals surface area contributed by atoms with E-state index in [1.807, 2.05) is 0 Å². The fraction of sp³-hybridized carbons (Fsp3) is 0.143. The molecule has 0 fully saturated rings. The van der Waals surface area contributed by atoms with Gasteiger partial charge in [0.15, 0.2) is 11.9 Å².